The number of furan rings is 1. The third-order valence-electron chi connectivity index (χ3n) is 5.05. The SMILES string of the molecule is O=C(c1ocnc1C(F)F)N1CCc2[nH]cnc2[C@H]1c1cc2c(F)ccc(F)c2o1. The van der Waals surface area contributed by atoms with E-state index < -0.39 is 41.5 Å². The number of hydrogen-bond donors (Lipinski definition) is 1. The topological polar surface area (TPSA) is 88.2 Å². The number of fused-ring (bicyclic) bond motifs is 2. The lowest BCUT2D eigenvalue weighted by Gasteiger charge is -2.33. The van der Waals surface area contributed by atoms with Crippen LogP contribution in [0.5, 0.6) is 0 Å². The van der Waals surface area contributed by atoms with E-state index in [9.17, 15) is 22.4 Å². The van der Waals surface area contributed by atoms with Crippen molar-refractivity contribution in [3.8, 4) is 0 Å². The molecule has 7 nitrogen and oxygen atoms in total. The second-order valence-corrected chi connectivity index (χ2v) is 6.71. The Labute approximate surface area is 165 Å². The molecule has 1 atom stereocenters. The van der Waals surface area contributed by atoms with Gasteiger partial charge in [-0.15, -0.1) is 0 Å². The molecule has 0 unspecified atom stereocenters. The Bertz CT molecular complexity index is 1220. The molecule has 0 saturated carbocycles. The number of aromatic nitrogens is 3. The molecule has 0 fully saturated rings. The molecule has 11 heteroatoms. The van der Waals surface area contributed by atoms with Gasteiger partial charge in [0.25, 0.3) is 12.3 Å². The number of hydrogen-bond acceptors (Lipinski definition) is 5. The first-order valence-electron chi connectivity index (χ1n) is 8.87. The maximum absolute atomic E-state index is 14.2. The maximum Gasteiger partial charge on any atom is 0.292 e. The molecule has 1 amide bonds. The van der Waals surface area contributed by atoms with E-state index in [1.54, 1.807) is 0 Å². The monoisotopic (exact) mass is 420 g/mol. The molecule has 4 heterocycles. The first-order chi connectivity index (χ1) is 14.5. The summed E-state index contributed by atoms with van der Waals surface area (Å²) >= 11 is 0. The summed E-state index contributed by atoms with van der Waals surface area (Å²) in [7, 11) is 0. The quantitative estimate of drug-likeness (QED) is 0.503. The van der Waals surface area contributed by atoms with E-state index in [0.717, 1.165) is 18.5 Å². The van der Waals surface area contributed by atoms with Gasteiger partial charge in [-0.2, -0.15) is 0 Å². The van der Waals surface area contributed by atoms with Gasteiger partial charge in [0.15, 0.2) is 23.5 Å². The van der Waals surface area contributed by atoms with Gasteiger partial charge in [0, 0.05) is 18.7 Å². The molecule has 30 heavy (non-hydrogen) atoms. The average molecular weight is 420 g/mol. The van der Waals surface area contributed by atoms with Crippen LogP contribution in [0.2, 0.25) is 0 Å². The summed E-state index contributed by atoms with van der Waals surface area (Å²) < 4.78 is 65.2. The van der Waals surface area contributed by atoms with Gasteiger partial charge in [0.1, 0.15) is 17.6 Å². The number of benzene rings is 1. The molecule has 0 saturated heterocycles. The normalized spacial score (nSPS) is 16.4. The minimum atomic E-state index is -3.01. The Morgan fingerprint density at radius 3 is 2.80 bits per heavy atom. The Morgan fingerprint density at radius 2 is 2.03 bits per heavy atom. The molecule has 1 aliphatic rings. The highest BCUT2D eigenvalue weighted by Crippen LogP contribution is 2.38. The predicted octanol–water partition coefficient (Wildman–Crippen LogP) is 4.15. The number of imidazole rings is 1. The second kappa shape index (κ2) is 6.71. The molecule has 0 radical (unpaired) electrons. The molecule has 154 valence electrons. The molecule has 0 bridgehead atoms. The lowest BCUT2D eigenvalue weighted by Crippen LogP contribution is -2.40. The number of carbonyl (C=O) groups excluding carboxylic acids is 1. The number of carbonyl (C=O) groups is 1. The summed E-state index contributed by atoms with van der Waals surface area (Å²) in [5.74, 6) is -2.91. The molecule has 0 aliphatic carbocycles. The zero-order chi connectivity index (χ0) is 21.0. The molecule has 3 aromatic heterocycles. The van der Waals surface area contributed by atoms with Gasteiger partial charge >= 0.3 is 0 Å². The molecule has 1 N–H and O–H groups in total. The fraction of sp³-hybridized carbons (Fsp3) is 0.211. The van der Waals surface area contributed by atoms with Crippen molar-refractivity contribution in [2.24, 2.45) is 0 Å². The molecular weight excluding hydrogens is 408 g/mol. The van der Waals surface area contributed by atoms with E-state index in [0.29, 0.717) is 17.8 Å². The average Bonchev–Trinajstić information content (AvgIpc) is 3.48. The van der Waals surface area contributed by atoms with Crippen LogP contribution in [0.25, 0.3) is 11.0 Å². The zero-order valence-corrected chi connectivity index (χ0v) is 15.0. The van der Waals surface area contributed by atoms with Crippen LogP contribution >= 0.6 is 0 Å². The second-order valence-electron chi connectivity index (χ2n) is 6.71. The van der Waals surface area contributed by atoms with E-state index in [1.165, 1.54) is 17.3 Å². The minimum Gasteiger partial charge on any atom is -0.455 e. The Hall–Kier alpha value is -3.63. The number of rotatable bonds is 3. The van der Waals surface area contributed by atoms with Gasteiger partial charge in [0.2, 0.25) is 5.76 Å². The minimum absolute atomic E-state index is 0.0357. The van der Waals surface area contributed by atoms with Crippen molar-refractivity contribution in [3.05, 3.63) is 71.2 Å². The van der Waals surface area contributed by atoms with Crippen molar-refractivity contribution < 1.29 is 31.2 Å². The fourth-order valence-corrected chi connectivity index (χ4v) is 3.70. The van der Waals surface area contributed by atoms with E-state index in [1.807, 2.05) is 0 Å². The smallest absolute Gasteiger partial charge is 0.292 e. The number of halogens is 4. The van der Waals surface area contributed by atoms with Crippen LogP contribution < -0.4 is 0 Å². The van der Waals surface area contributed by atoms with Gasteiger partial charge in [-0.1, -0.05) is 0 Å². The molecule has 1 aromatic carbocycles. The van der Waals surface area contributed by atoms with Crippen LogP contribution in [0.15, 0.2) is 39.8 Å². The molecule has 4 aromatic rings. The highest BCUT2D eigenvalue weighted by atomic mass is 19.3. The van der Waals surface area contributed by atoms with Crippen LogP contribution in [-0.4, -0.2) is 32.3 Å². The summed E-state index contributed by atoms with van der Waals surface area (Å²) in [4.78, 5) is 24.9. The van der Waals surface area contributed by atoms with Crippen LogP contribution in [0, 0.1) is 11.6 Å². The van der Waals surface area contributed by atoms with Gasteiger partial charge in [-0.05, 0) is 18.2 Å². The van der Waals surface area contributed by atoms with Crippen LogP contribution in [0.1, 0.15) is 45.9 Å². The first kappa shape index (κ1) is 18.4. The number of oxazole rings is 1. The summed E-state index contributed by atoms with van der Waals surface area (Å²) in [6, 6.07) is 2.16. The van der Waals surface area contributed by atoms with Crippen molar-refractivity contribution in [3.63, 3.8) is 0 Å². The highest BCUT2D eigenvalue weighted by Gasteiger charge is 2.39. The number of nitrogens with one attached hydrogen (secondary N) is 1. The Balaban J connectivity index is 1.65. The maximum atomic E-state index is 14.2. The van der Waals surface area contributed by atoms with E-state index in [-0.39, 0.29) is 23.3 Å². The summed E-state index contributed by atoms with van der Waals surface area (Å²) in [6.07, 6.45) is -0.478. The standard InChI is InChI=1S/C19H12F4N4O3/c20-9-1-2-10(21)16-8(9)5-12(30-16)15-13-11(24-6-25-13)3-4-27(15)19(28)17-14(18(22)23)26-7-29-17/h1-2,5-7,15,18H,3-4H2,(H,24,25)/t15-/m1/s1. The first-order valence-corrected chi connectivity index (χ1v) is 8.87. The third-order valence-corrected chi connectivity index (χ3v) is 5.05. The van der Waals surface area contributed by atoms with Crippen LogP contribution in [0.3, 0.4) is 0 Å². The number of amides is 1. The van der Waals surface area contributed by atoms with Crippen molar-refractivity contribution in [2.75, 3.05) is 6.54 Å². The Kier molecular flexibility index (Phi) is 4.12. The molecule has 5 rings (SSSR count). The predicted molar refractivity (Wildman–Crippen MR) is 92.8 cm³/mol. The van der Waals surface area contributed by atoms with Gasteiger partial charge in [-0.25, -0.2) is 27.5 Å². The van der Waals surface area contributed by atoms with E-state index >= 15 is 0 Å². The number of nitrogens with zero attached hydrogens (tertiary/aromatic N) is 3. The van der Waals surface area contributed by atoms with Gasteiger partial charge < -0.3 is 18.7 Å². The summed E-state index contributed by atoms with van der Waals surface area (Å²) in [5.41, 5.74) is -0.0223. The zero-order valence-electron chi connectivity index (χ0n) is 15.0. The van der Waals surface area contributed by atoms with Gasteiger partial charge in [-0.3, -0.25) is 4.79 Å². The summed E-state index contributed by atoms with van der Waals surface area (Å²) in [6.45, 7) is 0.101. The van der Waals surface area contributed by atoms with Gasteiger partial charge in [0.05, 0.1) is 17.4 Å². The number of H-pyrrole nitrogens is 1. The third kappa shape index (κ3) is 2.69. The molecular formula is C19H12F4N4O3. The van der Waals surface area contributed by atoms with Crippen molar-refractivity contribution in [1.82, 2.24) is 19.9 Å². The van der Waals surface area contributed by atoms with E-state index in [4.69, 9.17) is 8.83 Å². The van der Waals surface area contributed by atoms with Crippen LogP contribution in [-0.2, 0) is 6.42 Å². The fourth-order valence-electron chi connectivity index (χ4n) is 3.70. The lowest BCUT2D eigenvalue weighted by atomic mass is 9.99. The number of aromatic amines is 1. The van der Waals surface area contributed by atoms with Crippen LogP contribution in [0.4, 0.5) is 17.6 Å². The van der Waals surface area contributed by atoms with E-state index in [2.05, 4.69) is 15.0 Å². The van der Waals surface area contributed by atoms with Crippen molar-refractivity contribution in [2.45, 2.75) is 18.9 Å². The van der Waals surface area contributed by atoms with Crippen molar-refractivity contribution >= 4 is 16.9 Å². The van der Waals surface area contributed by atoms with Crippen molar-refractivity contribution in [1.29, 1.82) is 0 Å². The molecule has 1 aliphatic heterocycles. The molecule has 0 spiro atoms. The highest BCUT2D eigenvalue weighted by molar-refractivity contribution is 5.93. The lowest BCUT2D eigenvalue weighted by molar-refractivity contribution is 0.0625. The largest absolute Gasteiger partial charge is 0.455 e. The number of alkyl halides is 2. The summed E-state index contributed by atoms with van der Waals surface area (Å²) in [5, 5.41) is -0.104. The Morgan fingerprint density at radius 1 is 1.23 bits per heavy atom.